The van der Waals surface area contributed by atoms with Crippen molar-refractivity contribution in [3.05, 3.63) is 41.6 Å². The largest absolute Gasteiger partial charge is 0.469 e. The van der Waals surface area contributed by atoms with Crippen LogP contribution in [-0.2, 0) is 6.42 Å². The van der Waals surface area contributed by atoms with E-state index >= 15 is 0 Å². The third kappa shape index (κ3) is 3.58. The van der Waals surface area contributed by atoms with Gasteiger partial charge in [-0.05, 0) is 45.4 Å². The SMILES string of the molecule is Cc1cc(C)nc(NC(C)CCc2ccco2)n1. The van der Waals surface area contributed by atoms with Crippen LogP contribution >= 0.6 is 0 Å². The number of anilines is 1. The van der Waals surface area contributed by atoms with Gasteiger partial charge in [-0.1, -0.05) is 0 Å². The second-order valence-corrected chi connectivity index (χ2v) is 4.64. The first-order valence-electron chi connectivity index (χ1n) is 6.24. The van der Waals surface area contributed by atoms with E-state index in [2.05, 4.69) is 22.2 Å². The van der Waals surface area contributed by atoms with Crippen LogP contribution < -0.4 is 5.32 Å². The summed E-state index contributed by atoms with van der Waals surface area (Å²) in [5.74, 6) is 1.73. The van der Waals surface area contributed by atoms with Gasteiger partial charge in [0, 0.05) is 23.9 Å². The zero-order valence-corrected chi connectivity index (χ0v) is 11.1. The molecule has 0 spiro atoms. The van der Waals surface area contributed by atoms with Crippen LogP contribution in [0.5, 0.6) is 0 Å². The van der Waals surface area contributed by atoms with Gasteiger partial charge in [-0.15, -0.1) is 0 Å². The Bertz CT molecular complexity index is 473. The number of nitrogens with zero attached hydrogens (tertiary/aromatic N) is 2. The highest BCUT2D eigenvalue weighted by Crippen LogP contribution is 2.10. The van der Waals surface area contributed by atoms with Gasteiger partial charge in [0.05, 0.1) is 6.26 Å². The van der Waals surface area contributed by atoms with Crippen LogP contribution in [0.15, 0.2) is 28.9 Å². The minimum Gasteiger partial charge on any atom is -0.469 e. The highest BCUT2D eigenvalue weighted by Gasteiger charge is 2.06. The number of furan rings is 1. The quantitative estimate of drug-likeness (QED) is 0.879. The Kier molecular flexibility index (Phi) is 3.97. The van der Waals surface area contributed by atoms with Crippen molar-refractivity contribution < 1.29 is 4.42 Å². The van der Waals surface area contributed by atoms with Gasteiger partial charge in [0.25, 0.3) is 0 Å². The van der Waals surface area contributed by atoms with E-state index in [1.807, 2.05) is 32.0 Å². The van der Waals surface area contributed by atoms with E-state index in [0.717, 1.165) is 30.0 Å². The van der Waals surface area contributed by atoms with Gasteiger partial charge in [-0.3, -0.25) is 0 Å². The number of nitrogens with one attached hydrogen (secondary N) is 1. The molecule has 2 rings (SSSR count). The van der Waals surface area contributed by atoms with E-state index in [-0.39, 0.29) is 0 Å². The Hall–Kier alpha value is -1.84. The molecule has 0 aromatic carbocycles. The molecule has 1 unspecified atom stereocenters. The van der Waals surface area contributed by atoms with Crippen LogP contribution in [0, 0.1) is 13.8 Å². The van der Waals surface area contributed by atoms with Crippen molar-refractivity contribution in [2.45, 2.75) is 39.7 Å². The fourth-order valence-electron chi connectivity index (χ4n) is 1.90. The van der Waals surface area contributed by atoms with Crippen LogP contribution in [0.3, 0.4) is 0 Å². The molecule has 0 saturated carbocycles. The molecule has 0 aliphatic heterocycles. The van der Waals surface area contributed by atoms with Crippen molar-refractivity contribution >= 4 is 5.95 Å². The van der Waals surface area contributed by atoms with Gasteiger partial charge >= 0.3 is 0 Å². The molecular weight excluding hydrogens is 226 g/mol. The summed E-state index contributed by atoms with van der Waals surface area (Å²) in [6.45, 7) is 6.09. The van der Waals surface area contributed by atoms with E-state index in [0.29, 0.717) is 12.0 Å². The van der Waals surface area contributed by atoms with Crippen LogP contribution in [0.4, 0.5) is 5.95 Å². The summed E-state index contributed by atoms with van der Waals surface area (Å²) in [5, 5.41) is 3.32. The average Bonchev–Trinajstić information content (AvgIpc) is 2.77. The number of hydrogen-bond acceptors (Lipinski definition) is 4. The minimum atomic E-state index is 0.316. The van der Waals surface area contributed by atoms with Crippen molar-refractivity contribution in [2.24, 2.45) is 0 Å². The predicted octanol–water partition coefficient (Wildman–Crippen LogP) is 3.12. The number of aromatic nitrogens is 2. The smallest absolute Gasteiger partial charge is 0.223 e. The summed E-state index contributed by atoms with van der Waals surface area (Å²) in [5.41, 5.74) is 1.98. The second-order valence-electron chi connectivity index (χ2n) is 4.64. The molecule has 4 nitrogen and oxygen atoms in total. The summed E-state index contributed by atoms with van der Waals surface area (Å²) in [4.78, 5) is 8.75. The Morgan fingerprint density at radius 2 is 2.00 bits per heavy atom. The maximum atomic E-state index is 5.31. The molecule has 1 N–H and O–H groups in total. The van der Waals surface area contributed by atoms with E-state index in [1.54, 1.807) is 6.26 Å². The van der Waals surface area contributed by atoms with E-state index in [4.69, 9.17) is 4.42 Å². The normalized spacial score (nSPS) is 12.4. The van der Waals surface area contributed by atoms with Gasteiger partial charge in [0.2, 0.25) is 5.95 Å². The number of aryl methyl sites for hydroxylation is 3. The number of hydrogen-bond donors (Lipinski definition) is 1. The maximum absolute atomic E-state index is 5.31. The predicted molar refractivity (Wildman–Crippen MR) is 71.6 cm³/mol. The first kappa shape index (κ1) is 12.6. The first-order chi connectivity index (χ1) is 8.63. The van der Waals surface area contributed by atoms with Gasteiger partial charge in [-0.25, -0.2) is 9.97 Å². The monoisotopic (exact) mass is 245 g/mol. The van der Waals surface area contributed by atoms with Crippen LogP contribution in [0.25, 0.3) is 0 Å². The molecule has 0 radical (unpaired) electrons. The molecule has 4 heteroatoms. The minimum absolute atomic E-state index is 0.316. The molecule has 0 bridgehead atoms. The lowest BCUT2D eigenvalue weighted by Gasteiger charge is -2.13. The number of rotatable bonds is 5. The van der Waals surface area contributed by atoms with Gasteiger partial charge < -0.3 is 9.73 Å². The summed E-state index contributed by atoms with van der Waals surface area (Å²) in [6.07, 6.45) is 3.62. The molecule has 2 heterocycles. The highest BCUT2D eigenvalue weighted by molar-refractivity contribution is 5.28. The van der Waals surface area contributed by atoms with Crippen molar-refractivity contribution in [3.63, 3.8) is 0 Å². The molecule has 2 aromatic rings. The molecule has 0 amide bonds. The van der Waals surface area contributed by atoms with Crippen LogP contribution in [-0.4, -0.2) is 16.0 Å². The zero-order chi connectivity index (χ0) is 13.0. The molecule has 96 valence electrons. The lowest BCUT2D eigenvalue weighted by atomic mass is 10.1. The third-order valence-electron chi connectivity index (χ3n) is 2.76. The topological polar surface area (TPSA) is 51.0 Å². The molecule has 18 heavy (non-hydrogen) atoms. The molecule has 2 aromatic heterocycles. The summed E-state index contributed by atoms with van der Waals surface area (Å²) >= 11 is 0. The third-order valence-corrected chi connectivity index (χ3v) is 2.76. The highest BCUT2D eigenvalue weighted by atomic mass is 16.3. The van der Waals surface area contributed by atoms with E-state index in [9.17, 15) is 0 Å². The van der Waals surface area contributed by atoms with Crippen LogP contribution in [0.1, 0.15) is 30.5 Å². The molecule has 1 atom stereocenters. The summed E-state index contributed by atoms with van der Waals surface area (Å²) in [7, 11) is 0. The Balaban J connectivity index is 1.88. The lowest BCUT2D eigenvalue weighted by Crippen LogP contribution is -2.18. The fourth-order valence-corrected chi connectivity index (χ4v) is 1.90. The zero-order valence-electron chi connectivity index (χ0n) is 11.1. The van der Waals surface area contributed by atoms with E-state index < -0.39 is 0 Å². The van der Waals surface area contributed by atoms with Crippen molar-refractivity contribution in [1.82, 2.24) is 9.97 Å². The average molecular weight is 245 g/mol. The second kappa shape index (κ2) is 5.67. The molecule has 0 aliphatic rings. The van der Waals surface area contributed by atoms with Crippen molar-refractivity contribution in [2.75, 3.05) is 5.32 Å². The van der Waals surface area contributed by atoms with Crippen molar-refractivity contribution in [1.29, 1.82) is 0 Å². The summed E-state index contributed by atoms with van der Waals surface area (Å²) in [6, 6.07) is 6.20. The van der Waals surface area contributed by atoms with Gasteiger partial charge in [0.15, 0.2) is 0 Å². The van der Waals surface area contributed by atoms with Gasteiger partial charge in [-0.2, -0.15) is 0 Å². The summed E-state index contributed by atoms with van der Waals surface area (Å²) < 4.78 is 5.31. The molecule has 0 aliphatic carbocycles. The van der Waals surface area contributed by atoms with Crippen molar-refractivity contribution in [3.8, 4) is 0 Å². The lowest BCUT2D eigenvalue weighted by molar-refractivity contribution is 0.494. The molecule has 0 fully saturated rings. The Morgan fingerprint density at radius 1 is 1.28 bits per heavy atom. The maximum Gasteiger partial charge on any atom is 0.223 e. The van der Waals surface area contributed by atoms with E-state index in [1.165, 1.54) is 0 Å². The molecular formula is C14H19N3O. The fraction of sp³-hybridized carbons (Fsp3) is 0.429. The molecule has 0 saturated heterocycles. The first-order valence-corrected chi connectivity index (χ1v) is 6.24. The van der Waals surface area contributed by atoms with Crippen LogP contribution in [0.2, 0.25) is 0 Å². The standard InChI is InChI=1S/C14H19N3O/c1-10(6-7-13-5-4-8-18-13)15-14-16-11(2)9-12(3)17-14/h4-5,8-10H,6-7H2,1-3H3,(H,15,16,17). The van der Waals surface area contributed by atoms with Gasteiger partial charge in [0.1, 0.15) is 5.76 Å². The Morgan fingerprint density at radius 3 is 2.61 bits per heavy atom. The Labute approximate surface area is 107 Å².